The van der Waals surface area contributed by atoms with Crippen molar-refractivity contribution in [1.82, 2.24) is 10.2 Å². The van der Waals surface area contributed by atoms with E-state index in [-0.39, 0.29) is 18.4 Å². The van der Waals surface area contributed by atoms with Gasteiger partial charge in [0, 0.05) is 27.1 Å². The van der Waals surface area contributed by atoms with Crippen molar-refractivity contribution in [3.05, 3.63) is 0 Å². The van der Waals surface area contributed by atoms with E-state index in [2.05, 4.69) is 5.32 Å². The molecule has 94 valence electrons. The van der Waals surface area contributed by atoms with Crippen LogP contribution in [0, 0.1) is 0 Å². The number of amides is 1. The van der Waals surface area contributed by atoms with Gasteiger partial charge in [0.05, 0.1) is 6.54 Å². The molecule has 1 amide bonds. The molecule has 0 spiro atoms. The van der Waals surface area contributed by atoms with Crippen molar-refractivity contribution in [3.8, 4) is 0 Å². The van der Waals surface area contributed by atoms with Gasteiger partial charge in [0.25, 0.3) is 0 Å². The molecule has 0 rings (SSSR count). The van der Waals surface area contributed by atoms with E-state index in [9.17, 15) is 9.59 Å². The van der Waals surface area contributed by atoms with Gasteiger partial charge in [-0.05, 0) is 20.8 Å². The summed E-state index contributed by atoms with van der Waals surface area (Å²) in [5.74, 6) is -0.267. The molecule has 0 fully saturated rings. The Balaban J connectivity index is 3.60. The summed E-state index contributed by atoms with van der Waals surface area (Å²) in [6.45, 7) is 8.32. The van der Waals surface area contributed by atoms with Gasteiger partial charge in [0.2, 0.25) is 5.91 Å². The molecule has 1 N–H and O–H groups in total. The van der Waals surface area contributed by atoms with Gasteiger partial charge in [0.1, 0.15) is 5.60 Å². The topological polar surface area (TPSA) is 58.6 Å². The third-order valence-electron chi connectivity index (χ3n) is 1.85. The molecule has 0 saturated heterocycles. The van der Waals surface area contributed by atoms with Gasteiger partial charge in [0.15, 0.2) is 0 Å². The van der Waals surface area contributed by atoms with Gasteiger partial charge < -0.3 is 15.0 Å². The predicted molar refractivity (Wildman–Crippen MR) is 62.0 cm³/mol. The van der Waals surface area contributed by atoms with E-state index in [1.807, 2.05) is 20.8 Å². The summed E-state index contributed by atoms with van der Waals surface area (Å²) in [4.78, 5) is 23.7. The second-order valence-electron chi connectivity index (χ2n) is 4.70. The zero-order chi connectivity index (χ0) is 12.8. The summed E-state index contributed by atoms with van der Waals surface area (Å²) >= 11 is 0. The Bertz CT molecular complexity index is 246. The molecule has 16 heavy (non-hydrogen) atoms. The van der Waals surface area contributed by atoms with Crippen LogP contribution < -0.4 is 5.32 Å². The number of esters is 1. The maximum absolute atomic E-state index is 11.3. The molecule has 0 heterocycles. The molecule has 0 aromatic heterocycles. The van der Waals surface area contributed by atoms with Crippen LogP contribution in [-0.4, -0.2) is 49.1 Å². The van der Waals surface area contributed by atoms with Crippen molar-refractivity contribution in [2.75, 3.05) is 26.7 Å². The zero-order valence-corrected chi connectivity index (χ0v) is 10.8. The molecule has 5 heteroatoms. The van der Waals surface area contributed by atoms with Crippen LogP contribution in [0.15, 0.2) is 0 Å². The molecule has 0 aromatic rings. The van der Waals surface area contributed by atoms with Crippen molar-refractivity contribution in [2.24, 2.45) is 0 Å². The second kappa shape index (κ2) is 6.48. The molecule has 0 aliphatic carbocycles. The number of hydrogen-bond acceptors (Lipinski definition) is 4. The first-order chi connectivity index (χ1) is 7.22. The van der Waals surface area contributed by atoms with Gasteiger partial charge in [-0.25, -0.2) is 0 Å². The summed E-state index contributed by atoms with van der Waals surface area (Å²) in [5.41, 5.74) is -0.449. The van der Waals surface area contributed by atoms with E-state index in [4.69, 9.17) is 4.74 Å². The average molecular weight is 230 g/mol. The molecule has 0 aliphatic heterocycles. The first kappa shape index (κ1) is 14.9. The van der Waals surface area contributed by atoms with E-state index in [1.54, 1.807) is 11.9 Å². The van der Waals surface area contributed by atoms with Gasteiger partial charge in [-0.2, -0.15) is 0 Å². The van der Waals surface area contributed by atoms with E-state index in [0.29, 0.717) is 13.1 Å². The molecular weight excluding hydrogens is 208 g/mol. The number of carbonyl (C=O) groups is 2. The molecule has 0 saturated carbocycles. The molecular formula is C11H22N2O3. The molecule has 0 bridgehead atoms. The van der Waals surface area contributed by atoms with E-state index >= 15 is 0 Å². The molecule has 0 radical (unpaired) electrons. The lowest BCUT2D eigenvalue weighted by atomic mass is 10.2. The van der Waals surface area contributed by atoms with Crippen LogP contribution in [0.1, 0.15) is 27.7 Å². The number of ether oxygens (including phenoxy) is 1. The minimum atomic E-state index is -0.449. The molecule has 0 atom stereocenters. The fourth-order valence-corrected chi connectivity index (χ4v) is 0.972. The molecule has 5 nitrogen and oxygen atoms in total. The molecule has 0 aliphatic rings. The van der Waals surface area contributed by atoms with Crippen molar-refractivity contribution >= 4 is 11.9 Å². The lowest BCUT2D eigenvalue weighted by Crippen LogP contribution is -2.36. The summed E-state index contributed by atoms with van der Waals surface area (Å²) < 4.78 is 5.11. The first-order valence-electron chi connectivity index (χ1n) is 5.36. The highest BCUT2D eigenvalue weighted by molar-refractivity contribution is 5.73. The highest BCUT2D eigenvalue weighted by Crippen LogP contribution is 2.05. The van der Waals surface area contributed by atoms with Gasteiger partial charge in [-0.15, -0.1) is 0 Å². The fraction of sp³-hybridized carbons (Fsp3) is 0.818. The van der Waals surface area contributed by atoms with Crippen LogP contribution in [0.4, 0.5) is 0 Å². The highest BCUT2D eigenvalue weighted by atomic mass is 16.6. The van der Waals surface area contributed by atoms with Crippen LogP contribution in [0.25, 0.3) is 0 Å². The van der Waals surface area contributed by atoms with Crippen molar-refractivity contribution in [3.63, 3.8) is 0 Å². The first-order valence-corrected chi connectivity index (χ1v) is 5.36. The van der Waals surface area contributed by atoms with Gasteiger partial charge in [-0.3, -0.25) is 9.59 Å². The lowest BCUT2D eigenvalue weighted by molar-refractivity contribution is -0.153. The third-order valence-corrected chi connectivity index (χ3v) is 1.85. The largest absolute Gasteiger partial charge is 0.459 e. The highest BCUT2D eigenvalue weighted by Gasteiger charge is 2.15. The smallest absolute Gasteiger partial charge is 0.320 e. The van der Waals surface area contributed by atoms with Crippen LogP contribution in [0.3, 0.4) is 0 Å². The SMILES string of the molecule is CC(=O)N(C)CCNCC(=O)OC(C)(C)C. The van der Waals surface area contributed by atoms with Gasteiger partial charge >= 0.3 is 5.97 Å². The minimum Gasteiger partial charge on any atom is -0.459 e. The van der Waals surface area contributed by atoms with Crippen molar-refractivity contribution in [2.45, 2.75) is 33.3 Å². The van der Waals surface area contributed by atoms with Crippen LogP contribution in [0.2, 0.25) is 0 Å². The quantitative estimate of drug-likeness (QED) is 0.548. The van der Waals surface area contributed by atoms with E-state index < -0.39 is 5.60 Å². The zero-order valence-electron chi connectivity index (χ0n) is 10.8. The van der Waals surface area contributed by atoms with Crippen LogP contribution in [-0.2, 0) is 14.3 Å². The summed E-state index contributed by atoms with van der Waals surface area (Å²) in [7, 11) is 1.72. The predicted octanol–water partition coefficient (Wildman–Crippen LogP) is 0.396. The number of hydrogen-bond donors (Lipinski definition) is 1. The minimum absolute atomic E-state index is 0.0130. The molecule has 0 unspecified atom stereocenters. The maximum atomic E-state index is 11.3. The number of rotatable bonds is 5. The standard InChI is InChI=1S/C11H22N2O3/c1-9(14)13(5)7-6-12-8-10(15)16-11(2,3)4/h12H,6-8H2,1-5H3. The second-order valence-corrected chi connectivity index (χ2v) is 4.70. The van der Waals surface area contributed by atoms with Crippen LogP contribution >= 0.6 is 0 Å². The van der Waals surface area contributed by atoms with E-state index in [0.717, 1.165) is 0 Å². The summed E-state index contributed by atoms with van der Waals surface area (Å²) in [6.07, 6.45) is 0. The normalized spacial score (nSPS) is 11.1. The summed E-state index contributed by atoms with van der Waals surface area (Å²) in [6, 6.07) is 0. The van der Waals surface area contributed by atoms with Crippen molar-refractivity contribution in [1.29, 1.82) is 0 Å². The Morgan fingerprint density at radius 2 is 1.88 bits per heavy atom. The van der Waals surface area contributed by atoms with Gasteiger partial charge in [-0.1, -0.05) is 0 Å². The average Bonchev–Trinajstić information content (AvgIpc) is 2.08. The third kappa shape index (κ3) is 8.23. The Morgan fingerprint density at radius 3 is 2.31 bits per heavy atom. The monoisotopic (exact) mass is 230 g/mol. The van der Waals surface area contributed by atoms with Crippen LogP contribution in [0.5, 0.6) is 0 Å². The lowest BCUT2D eigenvalue weighted by Gasteiger charge is -2.20. The Kier molecular flexibility index (Phi) is 6.03. The van der Waals surface area contributed by atoms with E-state index in [1.165, 1.54) is 6.92 Å². The Morgan fingerprint density at radius 1 is 1.31 bits per heavy atom. The number of carbonyl (C=O) groups excluding carboxylic acids is 2. The maximum Gasteiger partial charge on any atom is 0.320 e. The number of likely N-dealkylation sites (N-methyl/N-ethyl adjacent to an activating group) is 1. The Hall–Kier alpha value is -1.10. The van der Waals surface area contributed by atoms with Crippen molar-refractivity contribution < 1.29 is 14.3 Å². The number of nitrogens with zero attached hydrogens (tertiary/aromatic N) is 1. The Labute approximate surface area is 97.1 Å². The summed E-state index contributed by atoms with van der Waals surface area (Å²) in [5, 5.41) is 2.93. The fourth-order valence-electron chi connectivity index (χ4n) is 0.972. The number of nitrogens with one attached hydrogen (secondary N) is 1. The molecule has 0 aromatic carbocycles.